The predicted molar refractivity (Wildman–Crippen MR) is 194 cm³/mol. The number of aryl methyl sites for hydroxylation is 1. The molecule has 5 atom stereocenters. The third-order valence-electron chi connectivity index (χ3n) is 10.7. The Morgan fingerprint density at radius 2 is 1.65 bits per heavy atom. The molecule has 8 rings (SSSR count). The lowest BCUT2D eigenvalue weighted by atomic mass is 9.70. The van der Waals surface area contributed by atoms with Gasteiger partial charge in [-0.2, -0.15) is 0 Å². The summed E-state index contributed by atoms with van der Waals surface area (Å²) in [4.78, 5) is 31.8. The molecule has 5 aromatic rings. The van der Waals surface area contributed by atoms with Crippen LogP contribution in [0, 0.1) is 11.8 Å². The number of aliphatic hydroxyl groups is 2. The van der Waals surface area contributed by atoms with Gasteiger partial charge in [0.15, 0.2) is 12.2 Å². The van der Waals surface area contributed by atoms with E-state index in [1.54, 1.807) is 34.5 Å². The van der Waals surface area contributed by atoms with Crippen molar-refractivity contribution in [3.63, 3.8) is 0 Å². The molecule has 0 aliphatic carbocycles. The van der Waals surface area contributed by atoms with Gasteiger partial charge in [-0.15, -0.1) is 5.10 Å². The zero-order valence-corrected chi connectivity index (χ0v) is 29.3. The minimum absolute atomic E-state index is 0.111. The minimum Gasteiger partial charge on any atom is -0.482 e. The molecule has 0 radical (unpaired) electrons. The highest BCUT2D eigenvalue weighted by Gasteiger charge is 2.65. The van der Waals surface area contributed by atoms with Gasteiger partial charge in [-0.25, -0.2) is 0 Å². The maximum Gasteiger partial charge on any atom is 0.269 e. The molecule has 1 fully saturated rings. The third kappa shape index (κ3) is 5.65. The van der Waals surface area contributed by atoms with Crippen molar-refractivity contribution in [2.75, 3.05) is 16.4 Å². The topological polar surface area (TPSA) is 130 Å². The number of anilines is 3. The molecule has 0 unspecified atom stereocenters. The van der Waals surface area contributed by atoms with Gasteiger partial charge in [-0.3, -0.25) is 19.2 Å². The first-order chi connectivity index (χ1) is 25.1. The van der Waals surface area contributed by atoms with Gasteiger partial charge in [0.1, 0.15) is 17.5 Å². The molecule has 0 bridgehead atoms. The van der Waals surface area contributed by atoms with Crippen LogP contribution >= 0.6 is 0 Å². The van der Waals surface area contributed by atoms with E-state index in [9.17, 15) is 15.0 Å². The van der Waals surface area contributed by atoms with E-state index in [-0.39, 0.29) is 18.4 Å². The van der Waals surface area contributed by atoms with Crippen molar-refractivity contribution in [3.8, 4) is 5.75 Å². The van der Waals surface area contributed by atoms with Gasteiger partial charge in [-0.1, -0.05) is 84.9 Å². The van der Waals surface area contributed by atoms with Crippen molar-refractivity contribution in [2.45, 2.75) is 63.7 Å². The van der Waals surface area contributed by atoms with Gasteiger partial charge < -0.3 is 24.6 Å². The van der Waals surface area contributed by atoms with Crippen LogP contribution in [-0.4, -0.2) is 55.3 Å². The van der Waals surface area contributed by atoms with Crippen molar-refractivity contribution in [1.29, 1.82) is 0 Å². The molecule has 2 N–H and O–H groups in total. The van der Waals surface area contributed by atoms with E-state index < -0.39 is 35.2 Å². The average Bonchev–Trinajstić information content (AvgIpc) is 3.81. The number of amides is 2. The molecule has 11 heteroatoms. The number of aromatic nitrogens is 3. The average molecular weight is 700 g/mol. The fraction of sp³-hybridized carbons (Fsp3) is 0.317. The van der Waals surface area contributed by atoms with Crippen LogP contribution in [0.3, 0.4) is 0 Å². The van der Waals surface area contributed by atoms with Crippen LogP contribution in [0.5, 0.6) is 5.75 Å². The van der Waals surface area contributed by atoms with E-state index >= 15 is 4.79 Å². The van der Waals surface area contributed by atoms with Crippen molar-refractivity contribution in [1.82, 2.24) is 15.0 Å². The van der Waals surface area contributed by atoms with Crippen LogP contribution in [0.1, 0.15) is 55.7 Å². The largest absolute Gasteiger partial charge is 0.482 e. The van der Waals surface area contributed by atoms with E-state index in [0.717, 1.165) is 5.56 Å². The molecular weight excluding hydrogens is 658 g/mol. The van der Waals surface area contributed by atoms with Crippen LogP contribution < -0.4 is 14.5 Å². The zero-order valence-electron chi connectivity index (χ0n) is 29.3. The SMILES string of the molecule is C[C@H]1[C@H](C(C)(C)O)[C@@H](CCn2cc([C@H](O)c3ccccc3)nn2)O[C@]12C(=O)N(Cc1ccccc1)c1ccc(N3C(=O)COc4ccccc43)cc12. The summed E-state index contributed by atoms with van der Waals surface area (Å²) in [6.45, 7) is 6.08. The Morgan fingerprint density at radius 3 is 2.40 bits per heavy atom. The van der Waals surface area contributed by atoms with Crippen molar-refractivity contribution in [2.24, 2.45) is 11.8 Å². The molecular formula is C41H41N5O6. The number of rotatable bonds is 9. The Labute approximate surface area is 302 Å². The van der Waals surface area contributed by atoms with Gasteiger partial charge in [0, 0.05) is 29.6 Å². The Balaban J connectivity index is 1.17. The van der Waals surface area contributed by atoms with Crippen LogP contribution in [0.4, 0.5) is 17.1 Å². The second-order valence-electron chi connectivity index (χ2n) is 14.4. The molecule has 4 aromatic carbocycles. The number of carbonyl (C=O) groups excluding carboxylic acids is 2. The zero-order chi connectivity index (χ0) is 36.2. The molecule has 266 valence electrons. The van der Waals surface area contributed by atoms with Gasteiger partial charge >= 0.3 is 0 Å². The first-order valence-corrected chi connectivity index (χ1v) is 17.6. The molecule has 3 aliphatic rings. The number of fused-ring (bicyclic) bond motifs is 3. The maximum atomic E-state index is 15.0. The number of ether oxygens (including phenoxy) is 2. The van der Waals surface area contributed by atoms with Crippen molar-refractivity contribution in [3.05, 3.63) is 132 Å². The van der Waals surface area contributed by atoms with E-state index in [1.165, 1.54) is 0 Å². The molecule has 1 saturated heterocycles. The number of benzene rings is 4. The number of nitrogens with zero attached hydrogens (tertiary/aromatic N) is 5. The Morgan fingerprint density at radius 1 is 0.942 bits per heavy atom. The number of carbonyl (C=O) groups is 2. The number of para-hydroxylation sites is 2. The highest BCUT2D eigenvalue weighted by Crippen LogP contribution is 2.59. The molecule has 11 nitrogen and oxygen atoms in total. The first-order valence-electron chi connectivity index (χ1n) is 17.6. The number of hydrogen-bond acceptors (Lipinski definition) is 8. The predicted octanol–water partition coefficient (Wildman–Crippen LogP) is 5.67. The Kier molecular flexibility index (Phi) is 8.44. The van der Waals surface area contributed by atoms with Crippen molar-refractivity contribution >= 4 is 28.9 Å². The smallest absolute Gasteiger partial charge is 0.269 e. The minimum atomic E-state index is -1.44. The summed E-state index contributed by atoms with van der Waals surface area (Å²) >= 11 is 0. The number of hydrogen-bond donors (Lipinski definition) is 2. The second kappa shape index (κ2) is 13.0. The molecule has 4 heterocycles. The molecule has 3 aliphatic heterocycles. The van der Waals surface area contributed by atoms with Crippen molar-refractivity contribution < 1.29 is 29.3 Å². The lowest BCUT2D eigenvalue weighted by Crippen LogP contribution is -2.46. The summed E-state index contributed by atoms with van der Waals surface area (Å²) < 4.78 is 14.4. The van der Waals surface area contributed by atoms with E-state index in [1.807, 2.05) is 110 Å². The highest BCUT2D eigenvalue weighted by atomic mass is 16.5. The maximum absolute atomic E-state index is 15.0. The summed E-state index contributed by atoms with van der Waals surface area (Å²) in [5.74, 6) is -0.753. The lowest BCUT2D eigenvalue weighted by molar-refractivity contribution is -0.146. The summed E-state index contributed by atoms with van der Waals surface area (Å²) in [6, 6.07) is 32.1. The molecule has 2 amide bonds. The standard InChI is InChI=1S/C41H41N5O6/c1-26-37(40(2,3)50)35(20-21-44-24-31(42-43-44)38(48)28-14-8-5-9-15-28)52-41(26)30-22-29(46-33-16-10-11-17-34(33)51-25-36(46)47)18-19-32(30)45(39(41)49)23-27-12-6-4-7-13-27/h4-19,22,24,26,35,37-38,48,50H,20-21,23,25H2,1-3H3/t26-,35+,37-,38+,41+/m0/s1. The van der Waals surface area contributed by atoms with E-state index in [4.69, 9.17) is 9.47 Å². The van der Waals surface area contributed by atoms with Crippen LogP contribution in [0.2, 0.25) is 0 Å². The van der Waals surface area contributed by atoms with Gasteiger partial charge in [-0.05, 0) is 61.7 Å². The van der Waals surface area contributed by atoms with Gasteiger partial charge in [0.25, 0.3) is 11.8 Å². The van der Waals surface area contributed by atoms with Crippen LogP contribution in [0.15, 0.2) is 109 Å². The van der Waals surface area contributed by atoms with Gasteiger partial charge in [0.05, 0.1) is 35.8 Å². The van der Waals surface area contributed by atoms with Gasteiger partial charge in [0.2, 0.25) is 0 Å². The monoisotopic (exact) mass is 699 g/mol. The normalized spacial score (nSPS) is 23.1. The molecule has 1 aromatic heterocycles. The summed E-state index contributed by atoms with van der Waals surface area (Å²) in [6.07, 6.45) is 0.658. The third-order valence-corrected chi connectivity index (χ3v) is 10.7. The van der Waals surface area contributed by atoms with E-state index in [2.05, 4.69) is 10.3 Å². The lowest BCUT2D eigenvalue weighted by Gasteiger charge is -2.34. The second-order valence-corrected chi connectivity index (χ2v) is 14.4. The quantitative estimate of drug-likeness (QED) is 0.201. The molecule has 52 heavy (non-hydrogen) atoms. The fourth-order valence-electron chi connectivity index (χ4n) is 8.40. The Bertz CT molecular complexity index is 2120. The summed E-state index contributed by atoms with van der Waals surface area (Å²) in [5, 5.41) is 31.1. The van der Waals surface area contributed by atoms with Crippen LogP contribution in [-0.2, 0) is 33.0 Å². The summed E-state index contributed by atoms with van der Waals surface area (Å²) in [5.41, 5.74) is 2.01. The number of aliphatic hydroxyl groups excluding tert-OH is 1. The summed E-state index contributed by atoms with van der Waals surface area (Å²) in [7, 11) is 0. The van der Waals surface area contributed by atoms with Crippen LogP contribution in [0.25, 0.3) is 0 Å². The highest BCUT2D eigenvalue weighted by molar-refractivity contribution is 6.09. The fourth-order valence-corrected chi connectivity index (χ4v) is 8.40. The first kappa shape index (κ1) is 33.8. The molecule has 1 spiro atoms. The Hall–Kier alpha value is -5.36. The van der Waals surface area contributed by atoms with E-state index in [0.29, 0.717) is 59.1 Å². The molecule has 0 saturated carbocycles.